The number of fused-ring (bicyclic) bond motifs is 1. The summed E-state index contributed by atoms with van der Waals surface area (Å²) in [4.78, 5) is 14.1. The highest BCUT2D eigenvalue weighted by atomic mass is 32.2. The summed E-state index contributed by atoms with van der Waals surface area (Å²) >= 11 is 1.70. The number of thioether (sulfide) groups is 1. The molecule has 0 radical (unpaired) electrons. The highest BCUT2D eigenvalue weighted by Gasteiger charge is 2.29. The van der Waals surface area contributed by atoms with Crippen molar-refractivity contribution in [2.75, 3.05) is 18.6 Å². The third-order valence-corrected chi connectivity index (χ3v) is 4.54. The van der Waals surface area contributed by atoms with Crippen molar-refractivity contribution >= 4 is 17.7 Å². The van der Waals surface area contributed by atoms with Gasteiger partial charge in [0.1, 0.15) is 0 Å². The average Bonchev–Trinajstić information content (AvgIpc) is 2.98. The lowest BCUT2D eigenvalue weighted by Gasteiger charge is -2.32. The molecule has 1 aliphatic heterocycles. The molecule has 5 nitrogen and oxygen atoms in total. The fraction of sp³-hybridized carbons (Fsp3) is 0.438. The van der Waals surface area contributed by atoms with Crippen LogP contribution in [0.15, 0.2) is 30.3 Å². The van der Waals surface area contributed by atoms with Crippen LogP contribution in [0.25, 0.3) is 11.4 Å². The first-order valence-corrected chi connectivity index (χ1v) is 8.86. The molecule has 2 aromatic rings. The number of hydrogen-bond donors (Lipinski definition) is 0. The molecule has 0 aliphatic carbocycles. The fourth-order valence-corrected chi connectivity index (χ4v) is 3.23. The predicted molar refractivity (Wildman–Crippen MR) is 88.6 cm³/mol. The van der Waals surface area contributed by atoms with E-state index in [4.69, 9.17) is 0 Å². The van der Waals surface area contributed by atoms with Crippen molar-refractivity contribution < 1.29 is 4.79 Å². The van der Waals surface area contributed by atoms with E-state index < -0.39 is 0 Å². The van der Waals surface area contributed by atoms with Crippen LogP contribution in [0.3, 0.4) is 0 Å². The van der Waals surface area contributed by atoms with E-state index in [0.29, 0.717) is 13.0 Å². The van der Waals surface area contributed by atoms with Gasteiger partial charge in [-0.25, -0.2) is 0 Å². The molecule has 0 spiro atoms. The molecule has 1 aliphatic rings. The summed E-state index contributed by atoms with van der Waals surface area (Å²) in [6, 6.07) is 10.3. The highest BCUT2D eigenvalue weighted by molar-refractivity contribution is 7.98. The van der Waals surface area contributed by atoms with Gasteiger partial charge >= 0.3 is 0 Å². The number of nitrogens with zero attached hydrogens (tertiary/aromatic N) is 4. The Kier molecular flexibility index (Phi) is 4.47. The van der Waals surface area contributed by atoms with Crippen molar-refractivity contribution in [1.29, 1.82) is 0 Å². The molecule has 1 atom stereocenters. The number of carbonyl (C=O) groups excluding carboxylic acids is 1. The smallest absolute Gasteiger partial charge is 0.223 e. The molecule has 3 rings (SSSR count). The second-order valence-corrected chi connectivity index (χ2v) is 6.53. The van der Waals surface area contributed by atoms with Crippen molar-refractivity contribution in [3.63, 3.8) is 0 Å². The zero-order valence-electron chi connectivity index (χ0n) is 12.9. The maximum absolute atomic E-state index is 12.2. The van der Waals surface area contributed by atoms with Crippen LogP contribution in [0.1, 0.15) is 25.2 Å². The maximum atomic E-state index is 12.2. The van der Waals surface area contributed by atoms with E-state index in [9.17, 15) is 4.79 Å². The standard InChI is InChI=1S/C16H20N4OS/c1-12-10-19(15(21)8-9-22-2)11-14-17-18-16(20(12)14)13-6-4-3-5-7-13/h3-7,12H,8-11H2,1-2H3/t12-/m0/s1. The highest BCUT2D eigenvalue weighted by Crippen LogP contribution is 2.27. The Balaban J connectivity index is 1.84. The summed E-state index contributed by atoms with van der Waals surface area (Å²) in [5.41, 5.74) is 1.07. The molecule has 2 heterocycles. The van der Waals surface area contributed by atoms with Gasteiger partial charge in [0.15, 0.2) is 11.6 Å². The van der Waals surface area contributed by atoms with Gasteiger partial charge in [-0.1, -0.05) is 30.3 Å². The minimum Gasteiger partial charge on any atom is -0.333 e. The normalized spacial score (nSPS) is 17.4. The first kappa shape index (κ1) is 15.1. The summed E-state index contributed by atoms with van der Waals surface area (Å²) in [7, 11) is 0. The molecule has 1 aromatic carbocycles. The molecule has 6 heteroatoms. The Hall–Kier alpha value is -1.82. The molecule has 0 saturated heterocycles. The number of aromatic nitrogens is 3. The first-order chi connectivity index (χ1) is 10.7. The summed E-state index contributed by atoms with van der Waals surface area (Å²) < 4.78 is 2.16. The van der Waals surface area contributed by atoms with Gasteiger partial charge in [0.2, 0.25) is 5.91 Å². The lowest BCUT2D eigenvalue weighted by Crippen LogP contribution is -2.40. The van der Waals surface area contributed by atoms with Crippen molar-refractivity contribution in [3.8, 4) is 11.4 Å². The molecule has 116 valence electrons. The van der Waals surface area contributed by atoms with E-state index in [2.05, 4.69) is 21.7 Å². The van der Waals surface area contributed by atoms with E-state index in [-0.39, 0.29) is 11.9 Å². The van der Waals surface area contributed by atoms with Crippen LogP contribution in [-0.2, 0) is 11.3 Å². The third kappa shape index (κ3) is 2.88. The molecule has 1 aromatic heterocycles. The van der Waals surface area contributed by atoms with Gasteiger partial charge in [0.25, 0.3) is 0 Å². The lowest BCUT2D eigenvalue weighted by atomic mass is 10.1. The zero-order valence-corrected chi connectivity index (χ0v) is 13.7. The van der Waals surface area contributed by atoms with Crippen LogP contribution in [0, 0.1) is 0 Å². The Morgan fingerprint density at radius 2 is 2.09 bits per heavy atom. The van der Waals surface area contributed by atoms with Gasteiger partial charge in [-0.2, -0.15) is 11.8 Å². The lowest BCUT2D eigenvalue weighted by molar-refractivity contribution is -0.132. The van der Waals surface area contributed by atoms with Crippen LogP contribution < -0.4 is 0 Å². The molecule has 0 saturated carbocycles. The minimum absolute atomic E-state index is 0.187. The molecule has 0 fully saturated rings. The Labute approximate surface area is 134 Å². The van der Waals surface area contributed by atoms with E-state index in [1.165, 1.54) is 0 Å². The van der Waals surface area contributed by atoms with Gasteiger partial charge < -0.3 is 9.47 Å². The summed E-state index contributed by atoms with van der Waals surface area (Å²) in [5, 5.41) is 8.66. The van der Waals surface area contributed by atoms with Crippen LogP contribution in [-0.4, -0.2) is 44.1 Å². The Morgan fingerprint density at radius 1 is 1.32 bits per heavy atom. The minimum atomic E-state index is 0.187. The van der Waals surface area contributed by atoms with Gasteiger partial charge in [-0.15, -0.1) is 10.2 Å². The third-order valence-electron chi connectivity index (χ3n) is 3.93. The monoisotopic (exact) mass is 316 g/mol. The van der Waals surface area contributed by atoms with Gasteiger partial charge in [-0.3, -0.25) is 4.79 Å². The second-order valence-electron chi connectivity index (χ2n) is 5.54. The van der Waals surface area contributed by atoms with Crippen molar-refractivity contribution in [1.82, 2.24) is 19.7 Å². The molecular formula is C16H20N4OS. The first-order valence-electron chi connectivity index (χ1n) is 7.46. The van der Waals surface area contributed by atoms with Gasteiger partial charge in [0, 0.05) is 24.3 Å². The second kappa shape index (κ2) is 6.52. The van der Waals surface area contributed by atoms with Crippen LogP contribution in [0.5, 0.6) is 0 Å². The van der Waals surface area contributed by atoms with Gasteiger partial charge in [0.05, 0.1) is 12.6 Å². The topological polar surface area (TPSA) is 51.0 Å². The van der Waals surface area contributed by atoms with E-state index in [1.807, 2.05) is 41.5 Å². The largest absolute Gasteiger partial charge is 0.333 e. The van der Waals surface area contributed by atoms with Crippen molar-refractivity contribution in [2.24, 2.45) is 0 Å². The van der Waals surface area contributed by atoms with E-state index >= 15 is 0 Å². The molecule has 0 bridgehead atoms. The molecular weight excluding hydrogens is 296 g/mol. The van der Waals surface area contributed by atoms with Crippen LogP contribution in [0.4, 0.5) is 0 Å². The SMILES string of the molecule is CSCCC(=O)N1Cc2nnc(-c3ccccc3)n2[C@@H](C)C1. The molecule has 22 heavy (non-hydrogen) atoms. The summed E-state index contributed by atoms with van der Waals surface area (Å²) in [5.74, 6) is 2.83. The van der Waals surface area contributed by atoms with Crippen LogP contribution >= 0.6 is 11.8 Å². The predicted octanol–water partition coefficient (Wildman–Crippen LogP) is 2.60. The van der Waals surface area contributed by atoms with Gasteiger partial charge in [-0.05, 0) is 13.2 Å². The quantitative estimate of drug-likeness (QED) is 0.870. The number of hydrogen-bond acceptors (Lipinski definition) is 4. The zero-order chi connectivity index (χ0) is 15.5. The molecule has 1 amide bonds. The fourth-order valence-electron chi connectivity index (χ4n) is 2.85. The number of benzene rings is 1. The van der Waals surface area contributed by atoms with E-state index in [1.54, 1.807) is 11.8 Å². The van der Waals surface area contributed by atoms with Crippen molar-refractivity contribution in [2.45, 2.75) is 25.9 Å². The Morgan fingerprint density at radius 3 is 2.82 bits per heavy atom. The number of carbonyl (C=O) groups is 1. The summed E-state index contributed by atoms with van der Waals surface area (Å²) in [6.07, 6.45) is 2.61. The number of amides is 1. The number of rotatable bonds is 4. The van der Waals surface area contributed by atoms with Crippen molar-refractivity contribution in [3.05, 3.63) is 36.2 Å². The van der Waals surface area contributed by atoms with Crippen LogP contribution in [0.2, 0.25) is 0 Å². The summed E-state index contributed by atoms with van der Waals surface area (Å²) in [6.45, 7) is 3.39. The molecule has 0 N–H and O–H groups in total. The molecule has 0 unspecified atom stereocenters. The average molecular weight is 316 g/mol. The van der Waals surface area contributed by atoms with E-state index in [0.717, 1.165) is 29.5 Å². The maximum Gasteiger partial charge on any atom is 0.223 e. The Bertz CT molecular complexity index is 655.